The molecule has 7 heteroatoms. The predicted molar refractivity (Wildman–Crippen MR) is 126 cm³/mol. The smallest absolute Gasteiger partial charge is 0.179 e. The van der Waals surface area contributed by atoms with E-state index in [9.17, 15) is 9.90 Å². The first kappa shape index (κ1) is 21.0. The van der Waals surface area contributed by atoms with E-state index in [2.05, 4.69) is 53.0 Å². The molecule has 0 radical (unpaired) electrons. The number of carbonyl (C=O) groups excluding carboxylic acids is 1. The summed E-state index contributed by atoms with van der Waals surface area (Å²) < 4.78 is 0. The van der Waals surface area contributed by atoms with E-state index in [0.29, 0.717) is 11.7 Å². The van der Waals surface area contributed by atoms with Crippen molar-refractivity contribution in [2.24, 2.45) is 11.0 Å². The Morgan fingerprint density at radius 2 is 1.45 bits per heavy atom. The number of benzene rings is 2. The van der Waals surface area contributed by atoms with Crippen LogP contribution in [-0.4, -0.2) is 61.6 Å². The van der Waals surface area contributed by atoms with Crippen molar-refractivity contribution >= 4 is 29.7 Å². The molecule has 1 fully saturated rings. The molecule has 2 aliphatic rings. The maximum absolute atomic E-state index is 11.7. The second-order valence-corrected chi connectivity index (χ2v) is 8.54. The standard InChI is InChI=1S/C24H31N5O2/c1-19(2)11-12-29-24(17-30)28(18-25-29)22-5-3-20(4-6-22)26-13-15-27(16-14-26)21-7-9-23(31)10-8-21/h3-10,17-19,24,31H,11-16H2,1-2H3. The molecule has 1 N–H and O–H groups in total. The normalized spacial score (nSPS) is 18.9. The molecule has 0 bridgehead atoms. The zero-order chi connectivity index (χ0) is 21.8. The van der Waals surface area contributed by atoms with Crippen LogP contribution in [0.5, 0.6) is 5.75 Å². The lowest BCUT2D eigenvalue weighted by Crippen LogP contribution is -2.46. The van der Waals surface area contributed by atoms with Crippen molar-refractivity contribution in [2.75, 3.05) is 47.4 Å². The molecule has 164 valence electrons. The van der Waals surface area contributed by atoms with Gasteiger partial charge in [0, 0.05) is 49.8 Å². The van der Waals surface area contributed by atoms with E-state index < -0.39 is 0 Å². The number of hydrogen-bond acceptors (Lipinski definition) is 7. The van der Waals surface area contributed by atoms with Gasteiger partial charge < -0.3 is 19.8 Å². The van der Waals surface area contributed by atoms with Crippen LogP contribution >= 0.6 is 0 Å². The highest BCUT2D eigenvalue weighted by Gasteiger charge is 2.28. The first-order chi connectivity index (χ1) is 15.0. The number of aromatic hydroxyl groups is 1. The number of hydrazone groups is 1. The highest BCUT2D eigenvalue weighted by atomic mass is 16.3. The van der Waals surface area contributed by atoms with E-state index in [1.165, 1.54) is 5.69 Å². The van der Waals surface area contributed by atoms with Gasteiger partial charge in [-0.1, -0.05) is 13.8 Å². The van der Waals surface area contributed by atoms with Crippen molar-refractivity contribution in [1.82, 2.24) is 5.01 Å². The van der Waals surface area contributed by atoms with E-state index in [1.54, 1.807) is 18.5 Å². The number of piperazine rings is 1. The Labute approximate surface area is 184 Å². The van der Waals surface area contributed by atoms with E-state index in [-0.39, 0.29) is 6.17 Å². The molecule has 2 aliphatic heterocycles. The fourth-order valence-corrected chi connectivity index (χ4v) is 4.06. The Bertz CT molecular complexity index is 889. The summed E-state index contributed by atoms with van der Waals surface area (Å²) in [7, 11) is 0. The predicted octanol–water partition coefficient (Wildman–Crippen LogP) is 3.36. The lowest BCUT2D eigenvalue weighted by molar-refractivity contribution is -0.111. The van der Waals surface area contributed by atoms with Gasteiger partial charge in [-0.15, -0.1) is 0 Å². The van der Waals surface area contributed by atoms with Gasteiger partial charge in [-0.2, -0.15) is 5.10 Å². The third-order valence-electron chi connectivity index (χ3n) is 5.98. The summed E-state index contributed by atoms with van der Waals surface area (Å²) in [5.41, 5.74) is 3.30. The Morgan fingerprint density at radius 1 is 0.935 bits per heavy atom. The van der Waals surface area contributed by atoms with Crippen LogP contribution in [0.2, 0.25) is 0 Å². The first-order valence-corrected chi connectivity index (χ1v) is 11.0. The van der Waals surface area contributed by atoms with Crippen LogP contribution in [0.3, 0.4) is 0 Å². The highest BCUT2D eigenvalue weighted by Crippen LogP contribution is 2.27. The van der Waals surface area contributed by atoms with Gasteiger partial charge in [-0.3, -0.25) is 9.80 Å². The number of phenols is 1. The molecule has 2 aromatic rings. The average molecular weight is 422 g/mol. The summed E-state index contributed by atoms with van der Waals surface area (Å²) in [4.78, 5) is 18.4. The molecule has 0 saturated carbocycles. The summed E-state index contributed by atoms with van der Waals surface area (Å²) in [6.07, 6.45) is 3.34. The molecule has 0 spiro atoms. The summed E-state index contributed by atoms with van der Waals surface area (Å²) in [5.74, 6) is 0.871. The molecule has 1 saturated heterocycles. The second kappa shape index (κ2) is 9.29. The summed E-state index contributed by atoms with van der Waals surface area (Å²) >= 11 is 0. The van der Waals surface area contributed by atoms with Crippen LogP contribution in [0.25, 0.3) is 0 Å². The van der Waals surface area contributed by atoms with Gasteiger partial charge >= 0.3 is 0 Å². The van der Waals surface area contributed by atoms with Crippen LogP contribution in [0, 0.1) is 5.92 Å². The van der Waals surface area contributed by atoms with Gasteiger partial charge in [0.15, 0.2) is 12.5 Å². The molecule has 0 amide bonds. The van der Waals surface area contributed by atoms with E-state index in [0.717, 1.165) is 56.8 Å². The van der Waals surface area contributed by atoms with Crippen LogP contribution in [0.4, 0.5) is 17.1 Å². The number of anilines is 3. The average Bonchev–Trinajstić information content (AvgIpc) is 3.21. The summed E-state index contributed by atoms with van der Waals surface area (Å²) in [5, 5.41) is 15.8. The summed E-state index contributed by atoms with van der Waals surface area (Å²) in [6, 6.07) is 15.8. The maximum Gasteiger partial charge on any atom is 0.179 e. The molecule has 1 unspecified atom stereocenters. The molecule has 7 nitrogen and oxygen atoms in total. The third kappa shape index (κ3) is 4.76. The number of carbonyl (C=O) groups is 1. The van der Waals surface area contributed by atoms with Gasteiger partial charge in [0.2, 0.25) is 0 Å². The van der Waals surface area contributed by atoms with E-state index in [1.807, 2.05) is 22.0 Å². The lowest BCUT2D eigenvalue weighted by Gasteiger charge is -2.37. The minimum absolute atomic E-state index is 0.297. The molecule has 0 aliphatic carbocycles. The number of nitrogens with zero attached hydrogens (tertiary/aromatic N) is 5. The monoisotopic (exact) mass is 421 g/mol. The molecular weight excluding hydrogens is 390 g/mol. The zero-order valence-corrected chi connectivity index (χ0v) is 18.3. The van der Waals surface area contributed by atoms with E-state index >= 15 is 0 Å². The van der Waals surface area contributed by atoms with Gasteiger partial charge in [-0.05, 0) is 60.9 Å². The number of phenolic OH excluding ortho intramolecular Hbond substituents is 1. The van der Waals surface area contributed by atoms with Crippen molar-refractivity contribution in [2.45, 2.75) is 26.4 Å². The van der Waals surface area contributed by atoms with Crippen LogP contribution in [0.15, 0.2) is 53.6 Å². The molecule has 0 aromatic heterocycles. The Balaban J connectivity index is 1.36. The lowest BCUT2D eigenvalue weighted by atomic mass is 10.1. The highest BCUT2D eigenvalue weighted by molar-refractivity contribution is 5.87. The number of aldehydes is 1. The Kier molecular flexibility index (Phi) is 6.30. The minimum atomic E-state index is -0.376. The quantitative estimate of drug-likeness (QED) is 0.692. The molecule has 31 heavy (non-hydrogen) atoms. The second-order valence-electron chi connectivity index (χ2n) is 8.54. The minimum Gasteiger partial charge on any atom is -0.508 e. The fourth-order valence-electron chi connectivity index (χ4n) is 4.06. The van der Waals surface area contributed by atoms with Crippen molar-refractivity contribution < 1.29 is 9.90 Å². The van der Waals surface area contributed by atoms with Crippen LogP contribution in [0.1, 0.15) is 20.3 Å². The largest absolute Gasteiger partial charge is 0.508 e. The fraction of sp³-hybridized carbons (Fsp3) is 0.417. The van der Waals surface area contributed by atoms with Crippen molar-refractivity contribution in [1.29, 1.82) is 0 Å². The van der Waals surface area contributed by atoms with E-state index in [4.69, 9.17) is 0 Å². The summed E-state index contributed by atoms with van der Waals surface area (Å²) in [6.45, 7) is 8.87. The zero-order valence-electron chi connectivity index (χ0n) is 18.3. The van der Waals surface area contributed by atoms with Crippen molar-refractivity contribution in [3.63, 3.8) is 0 Å². The van der Waals surface area contributed by atoms with Crippen LogP contribution in [-0.2, 0) is 4.79 Å². The van der Waals surface area contributed by atoms with Crippen LogP contribution < -0.4 is 14.7 Å². The van der Waals surface area contributed by atoms with Crippen molar-refractivity contribution in [3.8, 4) is 5.75 Å². The molecule has 2 aromatic carbocycles. The van der Waals surface area contributed by atoms with Gasteiger partial charge in [0.05, 0.1) is 0 Å². The SMILES string of the molecule is CC(C)CCN1N=CN(c2ccc(N3CCN(c4ccc(O)cc4)CC3)cc2)C1C=O. The molecule has 4 rings (SSSR count). The van der Waals surface area contributed by atoms with Gasteiger partial charge in [0.1, 0.15) is 12.1 Å². The van der Waals surface area contributed by atoms with Gasteiger partial charge in [-0.25, -0.2) is 0 Å². The first-order valence-electron chi connectivity index (χ1n) is 11.0. The molecule has 1 atom stereocenters. The Morgan fingerprint density at radius 3 is 1.97 bits per heavy atom. The maximum atomic E-state index is 11.7. The topological polar surface area (TPSA) is 62.6 Å². The third-order valence-corrected chi connectivity index (χ3v) is 5.98. The number of rotatable bonds is 7. The molecule has 2 heterocycles. The van der Waals surface area contributed by atoms with Crippen molar-refractivity contribution in [3.05, 3.63) is 48.5 Å². The molecular formula is C24H31N5O2. The Hall–Kier alpha value is -3.22. The number of hydrogen-bond donors (Lipinski definition) is 1. The van der Waals surface area contributed by atoms with Gasteiger partial charge in [0.25, 0.3) is 0 Å².